The van der Waals surface area contributed by atoms with Gasteiger partial charge in [-0.15, -0.1) is 11.3 Å². The first-order valence-corrected chi connectivity index (χ1v) is 13.3. The Morgan fingerprint density at radius 1 is 1.03 bits per heavy atom. The number of hydrogen-bond acceptors (Lipinski definition) is 6. The maximum Gasteiger partial charge on any atom is 0.254 e. The summed E-state index contributed by atoms with van der Waals surface area (Å²) in [6.45, 7) is 4.94. The maximum atomic E-state index is 13.7. The van der Waals surface area contributed by atoms with Gasteiger partial charge in [-0.1, -0.05) is 23.8 Å². The molecule has 4 heterocycles. The molecule has 8 nitrogen and oxygen atoms in total. The molecular formula is C24H25N5O3S2. The molecule has 10 heteroatoms. The topological polar surface area (TPSA) is 88.4 Å². The molecular weight excluding hydrogens is 470 g/mol. The average Bonchev–Trinajstić information content (AvgIpc) is 3.47. The number of aromatic nitrogens is 3. The number of rotatable bonds is 4. The molecule has 3 aromatic heterocycles. The fourth-order valence-electron chi connectivity index (χ4n) is 4.33. The maximum absolute atomic E-state index is 13.7. The molecule has 4 aromatic rings. The van der Waals surface area contributed by atoms with Crippen LogP contribution >= 0.6 is 11.3 Å². The molecule has 0 saturated carbocycles. The van der Waals surface area contributed by atoms with E-state index in [0.717, 1.165) is 27.2 Å². The van der Waals surface area contributed by atoms with Crippen molar-refractivity contribution in [3.8, 4) is 10.6 Å². The molecule has 1 aromatic carbocycles. The van der Waals surface area contributed by atoms with Crippen LogP contribution in [0.25, 0.3) is 21.6 Å². The Kier molecular flexibility index (Phi) is 5.75. The smallest absolute Gasteiger partial charge is 0.254 e. The van der Waals surface area contributed by atoms with Gasteiger partial charge >= 0.3 is 0 Å². The molecule has 1 aliphatic rings. The van der Waals surface area contributed by atoms with Gasteiger partial charge in [0.2, 0.25) is 10.0 Å². The number of pyridine rings is 1. The molecule has 0 spiro atoms. The number of thiophene rings is 1. The third-order valence-electron chi connectivity index (χ3n) is 6.16. The molecule has 0 aliphatic carbocycles. The van der Waals surface area contributed by atoms with E-state index in [2.05, 4.69) is 5.10 Å². The van der Waals surface area contributed by atoms with Crippen molar-refractivity contribution in [3.63, 3.8) is 0 Å². The second-order valence-electron chi connectivity index (χ2n) is 8.45. The van der Waals surface area contributed by atoms with E-state index >= 15 is 0 Å². The Labute approximate surface area is 202 Å². The van der Waals surface area contributed by atoms with Gasteiger partial charge in [0.15, 0.2) is 5.65 Å². The fraction of sp³-hybridized carbons (Fsp3) is 0.292. The minimum absolute atomic E-state index is 0.131. The van der Waals surface area contributed by atoms with Crippen LogP contribution in [0.2, 0.25) is 0 Å². The summed E-state index contributed by atoms with van der Waals surface area (Å²) in [5, 5.41) is 7.20. The fourth-order valence-corrected chi connectivity index (χ4v) is 6.43. The monoisotopic (exact) mass is 495 g/mol. The van der Waals surface area contributed by atoms with Crippen molar-refractivity contribution >= 4 is 38.3 Å². The molecule has 5 rings (SSSR count). The summed E-state index contributed by atoms with van der Waals surface area (Å²) in [4.78, 5) is 21.4. The minimum Gasteiger partial charge on any atom is -0.336 e. The van der Waals surface area contributed by atoms with Gasteiger partial charge in [-0.05, 0) is 43.5 Å². The molecule has 1 aliphatic heterocycles. The molecule has 34 heavy (non-hydrogen) atoms. The Morgan fingerprint density at radius 3 is 2.38 bits per heavy atom. The van der Waals surface area contributed by atoms with Crippen molar-refractivity contribution in [2.24, 2.45) is 7.05 Å². The number of hydrogen-bond donors (Lipinski definition) is 0. The number of benzene rings is 1. The van der Waals surface area contributed by atoms with Crippen molar-refractivity contribution < 1.29 is 13.2 Å². The first kappa shape index (κ1) is 22.7. The average molecular weight is 496 g/mol. The van der Waals surface area contributed by atoms with Crippen LogP contribution in [0.1, 0.15) is 21.6 Å². The Balaban J connectivity index is 1.43. The van der Waals surface area contributed by atoms with Crippen molar-refractivity contribution in [1.82, 2.24) is 24.0 Å². The zero-order valence-corrected chi connectivity index (χ0v) is 20.9. The number of nitrogens with zero attached hydrogens (tertiary/aromatic N) is 5. The van der Waals surface area contributed by atoms with E-state index in [-0.39, 0.29) is 23.9 Å². The van der Waals surface area contributed by atoms with Crippen molar-refractivity contribution in [2.75, 3.05) is 26.2 Å². The highest BCUT2D eigenvalue weighted by molar-refractivity contribution is 7.89. The zero-order valence-electron chi connectivity index (χ0n) is 19.2. The zero-order chi connectivity index (χ0) is 24.0. The normalized spacial score (nSPS) is 15.2. The summed E-state index contributed by atoms with van der Waals surface area (Å²) in [6.07, 6.45) is 0. The summed E-state index contributed by atoms with van der Waals surface area (Å²) < 4.78 is 29.2. The van der Waals surface area contributed by atoms with Gasteiger partial charge < -0.3 is 4.90 Å². The molecule has 1 saturated heterocycles. The lowest BCUT2D eigenvalue weighted by Crippen LogP contribution is -2.50. The van der Waals surface area contributed by atoms with Gasteiger partial charge in [0.05, 0.1) is 32.1 Å². The summed E-state index contributed by atoms with van der Waals surface area (Å²) in [6, 6.07) is 12.6. The number of sulfonamides is 1. The lowest BCUT2D eigenvalue weighted by molar-refractivity contribution is 0.0700. The number of carbonyl (C=O) groups is 1. The largest absolute Gasteiger partial charge is 0.336 e. The highest BCUT2D eigenvalue weighted by Gasteiger charge is 2.31. The molecule has 1 amide bonds. The number of carbonyl (C=O) groups excluding carboxylic acids is 1. The van der Waals surface area contributed by atoms with Gasteiger partial charge in [0.25, 0.3) is 5.91 Å². The Morgan fingerprint density at radius 2 is 1.74 bits per heavy atom. The number of piperazine rings is 1. The predicted molar refractivity (Wildman–Crippen MR) is 132 cm³/mol. The van der Waals surface area contributed by atoms with Gasteiger partial charge in [-0.2, -0.15) is 9.40 Å². The summed E-state index contributed by atoms with van der Waals surface area (Å²) in [5.74, 6) is -0.131. The molecule has 0 bridgehead atoms. The molecule has 0 N–H and O–H groups in total. The third-order valence-corrected chi connectivity index (χ3v) is 8.96. The number of aryl methyl sites for hydroxylation is 3. The van der Waals surface area contributed by atoms with Crippen LogP contribution in [0.3, 0.4) is 0 Å². The highest BCUT2D eigenvalue weighted by Crippen LogP contribution is 2.30. The molecule has 0 unspecified atom stereocenters. The number of fused-ring (bicyclic) bond motifs is 1. The van der Waals surface area contributed by atoms with Crippen LogP contribution in [0.4, 0.5) is 0 Å². The van der Waals surface area contributed by atoms with Crippen LogP contribution < -0.4 is 0 Å². The van der Waals surface area contributed by atoms with E-state index in [0.29, 0.717) is 24.3 Å². The van der Waals surface area contributed by atoms with Crippen molar-refractivity contribution in [3.05, 3.63) is 64.7 Å². The lowest BCUT2D eigenvalue weighted by atomic mass is 10.1. The molecule has 176 valence electrons. The van der Waals surface area contributed by atoms with Crippen molar-refractivity contribution in [2.45, 2.75) is 18.7 Å². The van der Waals surface area contributed by atoms with Crippen molar-refractivity contribution in [1.29, 1.82) is 0 Å². The SMILES string of the molecule is Cc1ccc(S(=O)(=O)N2CCN(C(=O)c3cc(-c4cccs4)nc4c3c(C)nn4C)CC2)cc1. The van der Waals surface area contributed by atoms with Crippen LogP contribution in [0, 0.1) is 13.8 Å². The van der Waals surface area contributed by atoms with E-state index in [9.17, 15) is 13.2 Å². The van der Waals surface area contributed by atoms with E-state index in [1.807, 2.05) is 44.5 Å². The van der Waals surface area contributed by atoms with Crippen LogP contribution in [0.15, 0.2) is 52.7 Å². The molecule has 0 radical (unpaired) electrons. The van der Waals surface area contributed by atoms with Gasteiger partial charge in [0, 0.05) is 33.2 Å². The third kappa shape index (κ3) is 3.91. The minimum atomic E-state index is -3.59. The van der Waals surface area contributed by atoms with Crippen LogP contribution in [0.5, 0.6) is 0 Å². The second-order valence-corrected chi connectivity index (χ2v) is 11.3. The Bertz CT molecular complexity index is 1470. The van der Waals surface area contributed by atoms with E-state index < -0.39 is 10.0 Å². The van der Waals surface area contributed by atoms with Gasteiger partial charge in [0.1, 0.15) is 0 Å². The first-order chi connectivity index (χ1) is 16.3. The summed E-state index contributed by atoms with van der Waals surface area (Å²) in [7, 11) is -1.77. The Hall–Kier alpha value is -3.08. The first-order valence-electron chi connectivity index (χ1n) is 11.0. The van der Waals surface area contributed by atoms with E-state index in [1.54, 1.807) is 45.2 Å². The van der Waals surface area contributed by atoms with Gasteiger partial charge in [-0.25, -0.2) is 13.4 Å². The van der Waals surface area contributed by atoms with E-state index in [4.69, 9.17) is 4.98 Å². The molecule has 1 fully saturated rings. The quantitative estimate of drug-likeness (QED) is 0.433. The summed E-state index contributed by atoms with van der Waals surface area (Å²) in [5.41, 5.74) is 3.69. The second kappa shape index (κ2) is 8.61. The van der Waals surface area contributed by atoms with Gasteiger partial charge in [-0.3, -0.25) is 9.48 Å². The van der Waals surface area contributed by atoms with Crippen LogP contribution in [-0.4, -0.2) is 64.5 Å². The van der Waals surface area contributed by atoms with Crippen LogP contribution in [-0.2, 0) is 17.1 Å². The molecule has 0 atom stereocenters. The standard InChI is InChI=1S/C24H25N5O3S2/c1-16-6-8-18(9-7-16)34(31,32)29-12-10-28(11-13-29)24(30)19-15-20(21-5-4-14-33-21)25-23-22(19)17(2)26-27(23)3/h4-9,14-15H,10-13H2,1-3H3. The number of amides is 1. The highest BCUT2D eigenvalue weighted by atomic mass is 32.2. The predicted octanol–water partition coefficient (Wildman–Crippen LogP) is 3.46. The lowest BCUT2D eigenvalue weighted by Gasteiger charge is -2.34. The summed E-state index contributed by atoms with van der Waals surface area (Å²) >= 11 is 1.56. The van der Waals surface area contributed by atoms with E-state index in [1.165, 1.54) is 4.31 Å².